The molecule has 352 valence electrons. The van der Waals surface area contributed by atoms with Gasteiger partial charge in [-0.1, -0.05) is 78.9 Å². The lowest BCUT2D eigenvalue weighted by Gasteiger charge is -2.31. The van der Waals surface area contributed by atoms with Crippen LogP contribution in [0.1, 0.15) is 67.4 Å². The number of benzene rings is 4. The standard InChI is InChI=1S/C51H54N8O9/c1-64-49(62)56-43(33-7-4-3-5-8-33)48(61)59-30-51(67-23-24-68-51)27-42(59)46-53-28-39(54-46)32-12-10-31(11-13-32)35-14-15-37-26-38(17-16-36(37)25-35)40-29-52-45(55-40)41-9-6-20-58(41)47(60)44(57-50(63)65-2)34-18-21-66-22-19-34/h3-5,7-8,10-17,25-26,28-29,34,41-44H,6,9,18-24,27,30H2,1-2H3,(H,52,55)(H,53,54)(H,56,62)(H,57,63)/p+1/t41-,42-,43+,44-/m0/s1. The van der Waals surface area contributed by atoms with E-state index in [1.54, 1.807) is 23.2 Å². The van der Waals surface area contributed by atoms with Gasteiger partial charge in [-0.3, -0.25) is 9.59 Å². The number of aromatic nitrogens is 4. The number of likely N-dealkylation sites (tertiary alicyclic amines) is 2. The summed E-state index contributed by atoms with van der Waals surface area (Å²) in [6.45, 7) is 2.76. The Morgan fingerprint density at radius 3 is 2.04 bits per heavy atom. The van der Waals surface area contributed by atoms with Crippen LogP contribution < -0.4 is 10.6 Å². The van der Waals surface area contributed by atoms with Gasteiger partial charge in [0, 0.05) is 37.7 Å². The van der Waals surface area contributed by atoms with E-state index < -0.39 is 36.1 Å². The summed E-state index contributed by atoms with van der Waals surface area (Å²) in [4.78, 5) is 73.3. The molecule has 6 aromatic rings. The molecule has 4 fully saturated rings. The number of imidazole rings is 2. The maximum absolute atomic E-state index is 14.4. The lowest BCUT2D eigenvalue weighted by atomic mass is 9.90. The number of amides is 4. The zero-order chi connectivity index (χ0) is 46.8. The Morgan fingerprint density at radius 2 is 1.35 bits per heavy atom. The number of aromatic amines is 2. The summed E-state index contributed by atoms with van der Waals surface area (Å²) in [6, 6.07) is 27.8. The van der Waals surface area contributed by atoms with Gasteiger partial charge in [0.25, 0.3) is 11.8 Å². The number of quaternary nitrogens is 1. The number of carbonyl (C=O) groups excluding carboxylic acids is 4. The molecule has 10 rings (SSSR count). The van der Waals surface area contributed by atoms with Crippen LogP contribution in [0, 0.1) is 5.92 Å². The van der Waals surface area contributed by atoms with Crippen LogP contribution in [0.25, 0.3) is 44.4 Å². The Kier molecular flexibility index (Phi) is 12.8. The van der Waals surface area contributed by atoms with Crippen molar-refractivity contribution in [1.29, 1.82) is 0 Å². The van der Waals surface area contributed by atoms with Crippen molar-refractivity contribution in [2.75, 3.05) is 53.7 Å². The van der Waals surface area contributed by atoms with E-state index in [1.807, 2.05) is 41.4 Å². The van der Waals surface area contributed by atoms with Crippen LogP contribution in [0.5, 0.6) is 0 Å². The van der Waals surface area contributed by atoms with Gasteiger partial charge in [-0.05, 0) is 70.8 Å². The van der Waals surface area contributed by atoms with Gasteiger partial charge in [-0.15, -0.1) is 0 Å². The number of H-pyrrole nitrogens is 2. The lowest BCUT2D eigenvalue weighted by Crippen LogP contribution is -2.97. The van der Waals surface area contributed by atoms with Crippen molar-refractivity contribution < 1.29 is 48.2 Å². The zero-order valence-electron chi connectivity index (χ0n) is 38.0. The second-order valence-corrected chi connectivity index (χ2v) is 17.8. The number of nitrogens with one attached hydrogen (secondary N) is 3. The van der Waals surface area contributed by atoms with Crippen LogP contribution in [0.15, 0.2) is 103 Å². The minimum atomic E-state index is -0.998. The first-order valence-electron chi connectivity index (χ1n) is 23.2. The zero-order valence-corrected chi connectivity index (χ0v) is 38.0. The number of alkyl carbamates (subject to hydrolysis) is 1. The summed E-state index contributed by atoms with van der Waals surface area (Å²) >= 11 is 0. The Morgan fingerprint density at radius 1 is 0.721 bits per heavy atom. The largest absolute Gasteiger partial charge is 0.513 e. The first-order chi connectivity index (χ1) is 33.2. The Hall–Kier alpha value is -6.92. The van der Waals surface area contributed by atoms with E-state index >= 15 is 0 Å². The van der Waals surface area contributed by atoms with E-state index in [0.29, 0.717) is 50.8 Å². The molecule has 5 N–H and O–H groups in total. The molecule has 17 nitrogen and oxygen atoms in total. The molecule has 4 aromatic carbocycles. The van der Waals surface area contributed by atoms with Gasteiger partial charge in [0.05, 0.1) is 69.8 Å². The highest BCUT2D eigenvalue weighted by atomic mass is 16.7. The van der Waals surface area contributed by atoms with Gasteiger partial charge in [-0.2, -0.15) is 4.79 Å². The van der Waals surface area contributed by atoms with Crippen molar-refractivity contribution in [2.24, 2.45) is 5.92 Å². The molecule has 0 unspecified atom stereocenters. The van der Waals surface area contributed by atoms with Crippen LogP contribution >= 0.6 is 0 Å². The number of methoxy groups -OCH3 is 2. The van der Waals surface area contributed by atoms with Crippen molar-refractivity contribution in [2.45, 2.75) is 62.1 Å². The number of carbonyl (C=O) groups is 4. The van der Waals surface area contributed by atoms with E-state index in [0.717, 1.165) is 75.9 Å². The molecule has 4 saturated heterocycles. The monoisotopic (exact) mass is 923 g/mol. The predicted octanol–water partition coefficient (Wildman–Crippen LogP) is 6.19. The molecule has 1 spiro atoms. The van der Waals surface area contributed by atoms with E-state index in [9.17, 15) is 19.2 Å². The van der Waals surface area contributed by atoms with Crippen LogP contribution in [0.4, 0.5) is 9.59 Å². The average Bonchev–Trinajstić information content (AvgIpc) is 4.26. The number of hydrogen-bond acceptors (Lipinski definition) is 11. The van der Waals surface area contributed by atoms with Crippen molar-refractivity contribution in [1.82, 2.24) is 35.1 Å². The number of rotatable bonds is 11. The summed E-state index contributed by atoms with van der Waals surface area (Å²) in [7, 11) is 2.60. The van der Waals surface area contributed by atoms with Crippen LogP contribution in [-0.4, -0.2) is 119 Å². The fraction of sp³-hybridized carbons (Fsp3) is 0.373. The fourth-order valence-electron chi connectivity index (χ4n) is 10.2. The summed E-state index contributed by atoms with van der Waals surface area (Å²) in [5, 5.41) is 6.32. The van der Waals surface area contributed by atoms with Gasteiger partial charge >= 0.3 is 12.2 Å². The third-order valence-corrected chi connectivity index (χ3v) is 13.8. The molecular weight excluding hydrogens is 869 g/mol. The van der Waals surface area contributed by atoms with E-state index in [2.05, 4.69) is 63.8 Å². The highest BCUT2D eigenvalue weighted by Crippen LogP contribution is 2.43. The van der Waals surface area contributed by atoms with Gasteiger partial charge in [-0.25, -0.2) is 20.1 Å². The Bertz CT molecular complexity index is 2780. The van der Waals surface area contributed by atoms with E-state index in [-0.39, 0.29) is 30.3 Å². The van der Waals surface area contributed by atoms with Crippen LogP contribution in [0.3, 0.4) is 0 Å². The molecule has 4 amide bonds. The first-order valence-corrected chi connectivity index (χ1v) is 23.2. The van der Waals surface area contributed by atoms with Crippen molar-refractivity contribution in [3.63, 3.8) is 0 Å². The van der Waals surface area contributed by atoms with Crippen LogP contribution in [0.2, 0.25) is 0 Å². The predicted molar refractivity (Wildman–Crippen MR) is 248 cm³/mol. The van der Waals surface area contributed by atoms with Gasteiger partial charge in [0.15, 0.2) is 11.8 Å². The fourth-order valence-corrected chi connectivity index (χ4v) is 10.2. The number of hydrogen-bond donors (Lipinski definition) is 4. The smallest absolute Gasteiger partial charge is 0.453 e. The molecule has 0 saturated carbocycles. The SMILES string of the molecule is COC(=O)N[C@@H](C(=O)N1CC2(C[C@H]1c1ncc(-c3ccc(-c4ccc5cc(-c6cnc([C@@H]7CCCN7C(=O)[C@@H]([NH2+]C(=O)OC)C7CCOCC7)[nH]6)ccc5c4)cc3)[nH]1)OCCO2)c1ccccc1. The highest BCUT2D eigenvalue weighted by molar-refractivity contribution is 5.91. The molecule has 17 heteroatoms. The highest BCUT2D eigenvalue weighted by Gasteiger charge is 2.53. The number of nitrogens with two attached hydrogens (primary N) is 1. The second-order valence-electron chi connectivity index (χ2n) is 17.8. The van der Waals surface area contributed by atoms with Crippen molar-refractivity contribution in [3.05, 3.63) is 121 Å². The van der Waals surface area contributed by atoms with Gasteiger partial charge in [0.2, 0.25) is 0 Å². The molecule has 0 bridgehead atoms. The number of fused-ring (bicyclic) bond motifs is 1. The number of nitrogens with zero attached hydrogens (tertiary/aromatic N) is 4. The molecule has 2 aromatic heterocycles. The third kappa shape index (κ3) is 9.09. The Labute approximate surface area is 392 Å². The maximum atomic E-state index is 14.4. The summed E-state index contributed by atoms with van der Waals surface area (Å²) < 4.78 is 27.5. The molecule has 6 heterocycles. The summed E-state index contributed by atoms with van der Waals surface area (Å²) in [5.41, 5.74) is 6.30. The lowest BCUT2D eigenvalue weighted by molar-refractivity contribution is -0.603. The topological polar surface area (TPSA) is 207 Å². The summed E-state index contributed by atoms with van der Waals surface area (Å²) in [5.74, 6) is -0.0374. The first kappa shape index (κ1) is 44.9. The maximum Gasteiger partial charge on any atom is 0.513 e. The van der Waals surface area contributed by atoms with E-state index in [1.165, 1.54) is 19.5 Å². The quantitative estimate of drug-likeness (QED) is 0.115. The Balaban J connectivity index is 0.831. The summed E-state index contributed by atoms with van der Waals surface area (Å²) in [6.07, 6.45) is 5.83. The molecule has 0 radical (unpaired) electrons. The second kappa shape index (κ2) is 19.4. The molecule has 4 atom stereocenters. The van der Waals surface area contributed by atoms with Gasteiger partial charge in [0.1, 0.15) is 17.7 Å². The molecule has 4 aliphatic rings. The van der Waals surface area contributed by atoms with Crippen molar-refractivity contribution >= 4 is 34.8 Å². The van der Waals surface area contributed by atoms with Gasteiger partial charge < -0.3 is 48.8 Å². The molecule has 4 aliphatic heterocycles. The third-order valence-electron chi connectivity index (χ3n) is 13.8. The minimum Gasteiger partial charge on any atom is -0.453 e. The van der Waals surface area contributed by atoms with Crippen molar-refractivity contribution in [3.8, 4) is 33.6 Å². The minimum absolute atomic E-state index is 0.0181. The number of primary amides is 1. The average molecular weight is 924 g/mol. The van der Waals surface area contributed by atoms with Crippen LogP contribution in [-0.2, 0) is 33.3 Å². The normalized spacial score (nSPS) is 20.1. The molecule has 68 heavy (non-hydrogen) atoms. The molecular formula is C51H55N8O9+. The number of ether oxygens (including phenoxy) is 5. The van der Waals surface area contributed by atoms with E-state index in [4.69, 9.17) is 33.7 Å². The molecule has 0 aliphatic carbocycles.